The van der Waals surface area contributed by atoms with Crippen LogP contribution in [0.5, 0.6) is 0 Å². The number of ether oxygens (including phenoxy) is 1. The second kappa shape index (κ2) is 3.88. The van der Waals surface area contributed by atoms with Crippen molar-refractivity contribution in [3.63, 3.8) is 0 Å². The lowest BCUT2D eigenvalue weighted by atomic mass is 9.40. The number of Topliss-reactive ketones (excluding diaryl/α,β-unsaturated/α-hetero) is 1. The molecule has 1 heterocycles. The lowest BCUT2D eigenvalue weighted by Gasteiger charge is -2.64. The normalized spacial score (nSPS) is 62.3. The summed E-state index contributed by atoms with van der Waals surface area (Å²) in [6, 6.07) is 0. The van der Waals surface area contributed by atoms with Crippen LogP contribution in [0.4, 0.5) is 0 Å². The number of ketones is 1. The Labute approximate surface area is 139 Å². The SMILES string of the molecule is CC1(C)[C@H](O)C(=O)C[C@]2(C)[C@@H]1CC[C@]13C[C@H](CC[C@@H]21)[C@@]1(C)O[C@H]31. The van der Waals surface area contributed by atoms with Crippen molar-refractivity contribution >= 4 is 5.78 Å². The number of fused-ring (bicyclic) bond motifs is 5. The molecule has 3 heteroatoms. The first-order valence-corrected chi connectivity index (χ1v) is 9.55. The molecule has 5 rings (SSSR count). The third-order valence-electron chi connectivity index (χ3n) is 9.25. The summed E-state index contributed by atoms with van der Waals surface area (Å²) in [5.74, 6) is 1.85. The Bertz CT molecular complexity index is 598. The van der Waals surface area contributed by atoms with Crippen molar-refractivity contribution in [3.05, 3.63) is 0 Å². The van der Waals surface area contributed by atoms with Gasteiger partial charge in [0.1, 0.15) is 6.10 Å². The van der Waals surface area contributed by atoms with E-state index < -0.39 is 6.10 Å². The predicted molar refractivity (Wildman–Crippen MR) is 86.8 cm³/mol. The number of carbonyl (C=O) groups excluding carboxylic acids is 1. The highest BCUT2D eigenvalue weighted by atomic mass is 16.6. The molecule has 0 amide bonds. The Kier molecular flexibility index (Phi) is 2.51. The first-order chi connectivity index (χ1) is 10.7. The minimum Gasteiger partial charge on any atom is -0.385 e. The molecule has 0 unspecified atom stereocenters. The zero-order valence-corrected chi connectivity index (χ0v) is 14.9. The topological polar surface area (TPSA) is 49.8 Å². The average molecular weight is 318 g/mol. The third kappa shape index (κ3) is 1.45. The van der Waals surface area contributed by atoms with Crippen LogP contribution >= 0.6 is 0 Å². The molecular weight excluding hydrogens is 288 g/mol. The minimum atomic E-state index is -0.781. The molecule has 5 fully saturated rings. The van der Waals surface area contributed by atoms with Crippen molar-refractivity contribution in [2.75, 3.05) is 0 Å². The number of hydrogen-bond donors (Lipinski definition) is 1. The standard InChI is InChI=1S/C20H30O3/c1-17(2)13-7-8-20-9-11(19(4)16(20)23-19)5-6-14(20)18(13,3)10-12(21)15(17)22/h11,13-16,22H,5-10H2,1-4H3/t11-,13+,14-,15+,16-,18+,19+,20-/m0/s1. The lowest BCUT2D eigenvalue weighted by Crippen LogP contribution is -2.63. The van der Waals surface area contributed by atoms with Crippen LogP contribution in [0.25, 0.3) is 0 Å². The maximum Gasteiger partial charge on any atom is 0.162 e. The van der Waals surface area contributed by atoms with Gasteiger partial charge >= 0.3 is 0 Å². The number of rotatable bonds is 0. The molecule has 0 aromatic heterocycles. The van der Waals surface area contributed by atoms with Gasteiger partial charge in [-0.1, -0.05) is 20.8 Å². The van der Waals surface area contributed by atoms with Crippen LogP contribution in [-0.4, -0.2) is 28.7 Å². The third-order valence-corrected chi connectivity index (χ3v) is 9.25. The highest BCUT2D eigenvalue weighted by molar-refractivity contribution is 5.85. The van der Waals surface area contributed by atoms with Gasteiger partial charge in [0.2, 0.25) is 0 Å². The second-order valence-electron chi connectivity index (χ2n) is 10.4. The van der Waals surface area contributed by atoms with E-state index in [1.165, 1.54) is 25.7 Å². The summed E-state index contributed by atoms with van der Waals surface area (Å²) in [5.41, 5.74) is 0.211. The van der Waals surface area contributed by atoms with Crippen molar-refractivity contribution in [2.45, 2.75) is 84.0 Å². The summed E-state index contributed by atoms with van der Waals surface area (Å²) < 4.78 is 6.26. The molecule has 0 aromatic rings. The molecule has 1 N–H and O–H groups in total. The molecule has 1 saturated heterocycles. The zero-order chi connectivity index (χ0) is 16.4. The van der Waals surface area contributed by atoms with E-state index in [-0.39, 0.29) is 22.2 Å². The van der Waals surface area contributed by atoms with Crippen LogP contribution in [0.2, 0.25) is 0 Å². The molecule has 4 aliphatic carbocycles. The number of hydrogen-bond acceptors (Lipinski definition) is 3. The van der Waals surface area contributed by atoms with E-state index in [0.717, 1.165) is 12.3 Å². The van der Waals surface area contributed by atoms with E-state index in [0.29, 0.717) is 29.8 Å². The largest absolute Gasteiger partial charge is 0.385 e. The summed E-state index contributed by atoms with van der Waals surface area (Å²) in [7, 11) is 0. The molecule has 128 valence electrons. The monoisotopic (exact) mass is 318 g/mol. The van der Waals surface area contributed by atoms with Crippen molar-refractivity contribution < 1.29 is 14.6 Å². The molecule has 2 bridgehead atoms. The molecule has 1 aliphatic heterocycles. The van der Waals surface area contributed by atoms with E-state index in [2.05, 4.69) is 27.7 Å². The molecule has 3 nitrogen and oxygen atoms in total. The second-order valence-corrected chi connectivity index (χ2v) is 10.4. The average Bonchev–Trinajstić information content (AvgIpc) is 3.14. The van der Waals surface area contributed by atoms with Gasteiger partial charge in [0.25, 0.3) is 0 Å². The summed E-state index contributed by atoms with van der Waals surface area (Å²) in [6.07, 6.45) is 6.45. The van der Waals surface area contributed by atoms with Crippen LogP contribution < -0.4 is 0 Å². The van der Waals surface area contributed by atoms with Gasteiger partial charge in [0, 0.05) is 17.3 Å². The zero-order valence-electron chi connectivity index (χ0n) is 14.9. The van der Waals surface area contributed by atoms with E-state index in [9.17, 15) is 9.90 Å². The van der Waals surface area contributed by atoms with Crippen LogP contribution in [0, 0.1) is 34.0 Å². The van der Waals surface area contributed by atoms with Crippen molar-refractivity contribution in [2.24, 2.45) is 34.0 Å². The Morgan fingerprint density at radius 3 is 2.57 bits per heavy atom. The van der Waals surface area contributed by atoms with Crippen LogP contribution in [-0.2, 0) is 9.53 Å². The molecular formula is C20H30O3. The summed E-state index contributed by atoms with van der Waals surface area (Å²) in [4.78, 5) is 12.6. The van der Waals surface area contributed by atoms with Gasteiger partial charge < -0.3 is 9.84 Å². The van der Waals surface area contributed by atoms with Crippen molar-refractivity contribution in [3.8, 4) is 0 Å². The number of carbonyl (C=O) groups is 1. The van der Waals surface area contributed by atoms with Gasteiger partial charge in [-0.05, 0) is 62.2 Å². The van der Waals surface area contributed by atoms with Gasteiger partial charge in [0.05, 0.1) is 11.7 Å². The Balaban J connectivity index is 1.60. The molecule has 0 aromatic carbocycles. The fourth-order valence-electron chi connectivity index (χ4n) is 8.28. The molecule has 23 heavy (non-hydrogen) atoms. The molecule has 1 spiro atoms. The Morgan fingerprint density at radius 1 is 1.09 bits per heavy atom. The quantitative estimate of drug-likeness (QED) is 0.697. The van der Waals surface area contributed by atoms with E-state index in [1.54, 1.807) is 0 Å². The summed E-state index contributed by atoms with van der Waals surface area (Å²) in [6.45, 7) is 8.93. The van der Waals surface area contributed by atoms with Crippen molar-refractivity contribution in [1.82, 2.24) is 0 Å². The Hall–Kier alpha value is -0.410. The number of epoxide rings is 1. The highest BCUT2D eigenvalue weighted by Gasteiger charge is 2.79. The maximum absolute atomic E-state index is 12.6. The first-order valence-electron chi connectivity index (χ1n) is 9.55. The fraction of sp³-hybridized carbons (Fsp3) is 0.950. The molecule has 8 atom stereocenters. The number of aliphatic hydroxyl groups excluding tert-OH is 1. The lowest BCUT2D eigenvalue weighted by molar-refractivity contribution is -0.193. The summed E-state index contributed by atoms with van der Waals surface area (Å²) >= 11 is 0. The maximum atomic E-state index is 12.6. The van der Waals surface area contributed by atoms with E-state index >= 15 is 0 Å². The summed E-state index contributed by atoms with van der Waals surface area (Å²) in [5, 5.41) is 10.5. The van der Waals surface area contributed by atoms with Crippen LogP contribution in [0.1, 0.15) is 66.2 Å². The smallest absolute Gasteiger partial charge is 0.162 e. The molecule has 4 saturated carbocycles. The molecule has 0 radical (unpaired) electrons. The van der Waals surface area contributed by atoms with Crippen molar-refractivity contribution in [1.29, 1.82) is 0 Å². The Morgan fingerprint density at radius 2 is 1.83 bits per heavy atom. The molecule has 5 aliphatic rings. The fourth-order valence-corrected chi connectivity index (χ4v) is 8.28. The van der Waals surface area contributed by atoms with Crippen LogP contribution in [0.15, 0.2) is 0 Å². The predicted octanol–water partition coefficient (Wildman–Crippen LogP) is 3.34. The van der Waals surface area contributed by atoms with Gasteiger partial charge in [0.15, 0.2) is 5.78 Å². The minimum absolute atomic E-state index is 0.0419. The van der Waals surface area contributed by atoms with Gasteiger partial charge in [-0.15, -0.1) is 0 Å². The van der Waals surface area contributed by atoms with Crippen LogP contribution in [0.3, 0.4) is 0 Å². The van der Waals surface area contributed by atoms with E-state index in [1.807, 2.05) is 0 Å². The van der Waals surface area contributed by atoms with Gasteiger partial charge in [-0.25, -0.2) is 0 Å². The van der Waals surface area contributed by atoms with Gasteiger partial charge in [-0.2, -0.15) is 0 Å². The first kappa shape index (κ1) is 14.9. The van der Waals surface area contributed by atoms with Gasteiger partial charge in [-0.3, -0.25) is 4.79 Å². The number of aliphatic hydroxyl groups is 1. The van der Waals surface area contributed by atoms with E-state index in [4.69, 9.17) is 4.74 Å². The highest BCUT2D eigenvalue weighted by Crippen LogP contribution is 2.77.